The van der Waals surface area contributed by atoms with Crippen LogP contribution in [-0.2, 0) is 6.18 Å². The highest BCUT2D eigenvalue weighted by atomic mass is 19.4. The maximum Gasteiger partial charge on any atom is 0.419 e. The topological polar surface area (TPSA) is 59.6 Å². The van der Waals surface area contributed by atoms with Crippen molar-refractivity contribution < 1.29 is 17.9 Å². The Morgan fingerprint density at radius 2 is 2.09 bits per heavy atom. The number of nitrogens with zero attached hydrogens (tertiary/aromatic N) is 1. The molecule has 0 saturated heterocycles. The fourth-order valence-corrected chi connectivity index (χ4v) is 1.92. The molecule has 122 valence electrons. The first-order valence-electron chi connectivity index (χ1n) is 7.29. The lowest BCUT2D eigenvalue weighted by Gasteiger charge is -2.19. The lowest BCUT2D eigenvalue weighted by atomic mass is 10.2. The Morgan fingerprint density at radius 1 is 1.41 bits per heavy atom. The Bertz CT molecular complexity index is 527. The van der Waals surface area contributed by atoms with Crippen LogP contribution < -0.4 is 15.8 Å². The molecule has 0 bridgehead atoms. The summed E-state index contributed by atoms with van der Waals surface area (Å²) in [7, 11) is 0. The Balaban J connectivity index is 2.00. The number of ether oxygens (including phenoxy) is 1. The Morgan fingerprint density at radius 3 is 2.68 bits per heavy atom. The number of guanidine groups is 1. The van der Waals surface area contributed by atoms with Crippen LogP contribution in [0.1, 0.15) is 31.7 Å². The van der Waals surface area contributed by atoms with Gasteiger partial charge < -0.3 is 15.8 Å². The molecule has 0 heterocycles. The molecule has 1 unspecified atom stereocenters. The second kappa shape index (κ2) is 6.89. The molecular weight excluding hydrogens is 295 g/mol. The number of nitrogens with two attached hydrogens (primary N) is 1. The van der Waals surface area contributed by atoms with E-state index in [1.54, 1.807) is 0 Å². The number of rotatable bonds is 6. The van der Waals surface area contributed by atoms with E-state index in [4.69, 9.17) is 10.5 Å². The SMILES string of the molecule is CCC(CN=C(N)NC1CC1)Oc1ccccc1C(F)(F)F. The van der Waals surface area contributed by atoms with E-state index in [2.05, 4.69) is 10.3 Å². The van der Waals surface area contributed by atoms with Crippen LogP contribution in [0.15, 0.2) is 29.3 Å². The number of para-hydroxylation sites is 1. The normalized spacial score (nSPS) is 17.2. The van der Waals surface area contributed by atoms with E-state index in [-0.39, 0.29) is 12.3 Å². The fourth-order valence-electron chi connectivity index (χ4n) is 1.92. The van der Waals surface area contributed by atoms with Crippen molar-refractivity contribution in [2.75, 3.05) is 6.54 Å². The second-order valence-corrected chi connectivity index (χ2v) is 5.29. The molecule has 2 rings (SSSR count). The van der Waals surface area contributed by atoms with Gasteiger partial charge in [0.05, 0.1) is 12.1 Å². The Hall–Kier alpha value is -1.92. The van der Waals surface area contributed by atoms with Crippen LogP contribution >= 0.6 is 0 Å². The van der Waals surface area contributed by atoms with E-state index in [9.17, 15) is 13.2 Å². The van der Waals surface area contributed by atoms with Crippen molar-refractivity contribution in [1.82, 2.24) is 5.32 Å². The lowest BCUT2D eigenvalue weighted by molar-refractivity contribution is -0.139. The molecule has 1 fully saturated rings. The highest BCUT2D eigenvalue weighted by Crippen LogP contribution is 2.36. The number of benzene rings is 1. The zero-order valence-electron chi connectivity index (χ0n) is 12.4. The van der Waals surface area contributed by atoms with Gasteiger partial charge in [0.25, 0.3) is 0 Å². The summed E-state index contributed by atoms with van der Waals surface area (Å²) in [6.45, 7) is 2.05. The van der Waals surface area contributed by atoms with Gasteiger partial charge in [0.2, 0.25) is 0 Å². The van der Waals surface area contributed by atoms with Crippen LogP contribution in [0.2, 0.25) is 0 Å². The number of aliphatic imine (C=N–C) groups is 1. The predicted molar refractivity (Wildman–Crippen MR) is 78.8 cm³/mol. The first kappa shape index (κ1) is 16.5. The first-order valence-corrected chi connectivity index (χ1v) is 7.29. The molecule has 3 N–H and O–H groups in total. The summed E-state index contributed by atoms with van der Waals surface area (Å²) in [5, 5.41) is 3.02. The molecule has 7 heteroatoms. The van der Waals surface area contributed by atoms with Crippen molar-refractivity contribution in [3.8, 4) is 5.75 Å². The molecule has 0 aliphatic heterocycles. The van der Waals surface area contributed by atoms with Crippen molar-refractivity contribution in [2.45, 2.75) is 44.5 Å². The lowest BCUT2D eigenvalue weighted by Crippen LogP contribution is -2.34. The molecule has 1 aromatic rings. The zero-order valence-corrected chi connectivity index (χ0v) is 12.4. The highest BCUT2D eigenvalue weighted by Gasteiger charge is 2.34. The molecule has 1 aliphatic rings. The fraction of sp³-hybridized carbons (Fsp3) is 0.533. The van der Waals surface area contributed by atoms with Crippen LogP contribution in [0.5, 0.6) is 5.75 Å². The van der Waals surface area contributed by atoms with E-state index >= 15 is 0 Å². The highest BCUT2D eigenvalue weighted by molar-refractivity contribution is 5.78. The molecule has 0 amide bonds. The molecule has 4 nitrogen and oxygen atoms in total. The van der Waals surface area contributed by atoms with Gasteiger partial charge >= 0.3 is 6.18 Å². The van der Waals surface area contributed by atoms with Gasteiger partial charge in [-0.15, -0.1) is 0 Å². The number of nitrogens with one attached hydrogen (secondary N) is 1. The van der Waals surface area contributed by atoms with Gasteiger partial charge in [0, 0.05) is 6.04 Å². The molecular formula is C15H20F3N3O. The molecule has 1 aliphatic carbocycles. The third kappa shape index (κ3) is 4.82. The summed E-state index contributed by atoms with van der Waals surface area (Å²) in [5.41, 5.74) is 4.94. The molecule has 0 spiro atoms. The summed E-state index contributed by atoms with van der Waals surface area (Å²) < 4.78 is 44.3. The van der Waals surface area contributed by atoms with E-state index in [1.165, 1.54) is 18.2 Å². The monoisotopic (exact) mass is 315 g/mol. The number of hydrogen-bond acceptors (Lipinski definition) is 2. The van der Waals surface area contributed by atoms with Crippen molar-refractivity contribution >= 4 is 5.96 Å². The molecule has 22 heavy (non-hydrogen) atoms. The largest absolute Gasteiger partial charge is 0.488 e. The average molecular weight is 315 g/mol. The third-order valence-corrected chi connectivity index (χ3v) is 3.34. The third-order valence-electron chi connectivity index (χ3n) is 3.34. The van der Waals surface area contributed by atoms with Gasteiger partial charge in [-0.1, -0.05) is 19.1 Å². The summed E-state index contributed by atoms with van der Waals surface area (Å²) in [5.74, 6) is 0.138. The maximum absolute atomic E-state index is 12.9. The Labute approximate surface area is 127 Å². The first-order chi connectivity index (χ1) is 10.4. The molecule has 1 saturated carbocycles. The number of alkyl halides is 3. The van der Waals surface area contributed by atoms with Crippen LogP contribution in [0.25, 0.3) is 0 Å². The van der Waals surface area contributed by atoms with Crippen LogP contribution in [0.4, 0.5) is 13.2 Å². The smallest absolute Gasteiger partial charge is 0.419 e. The minimum Gasteiger partial charge on any atom is -0.488 e. The van der Waals surface area contributed by atoms with Crippen LogP contribution in [0, 0.1) is 0 Å². The Kier molecular flexibility index (Phi) is 5.15. The van der Waals surface area contributed by atoms with Gasteiger partial charge in [-0.05, 0) is 31.4 Å². The van der Waals surface area contributed by atoms with E-state index in [0.29, 0.717) is 18.4 Å². The average Bonchev–Trinajstić information content (AvgIpc) is 3.26. The van der Waals surface area contributed by atoms with Gasteiger partial charge in [-0.3, -0.25) is 0 Å². The minimum atomic E-state index is -4.44. The van der Waals surface area contributed by atoms with Gasteiger partial charge in [-0.2, -0.15) is 13.2 Å². The molecule has 0 radical (unpaired) electrons. The van der Waals surface area contributed by atoms with E-state index < -0.39 is 17.8 Å². The molecule has 1 aromatic carbocycles. The number of halogens is 3. The van der Waals surface area contributed by atoms with Gasteiger partial charge in [0.15, 0.2) is 5.96 Å². The van der Waals surface area contributed by atoms with Gasteiger partial charge in [0.1, 0.15) is 11.9 Å². The summed E-state index contributed by atoms with van der Waals surface area (Å²) in [6, 6.07) is 5.57. The van der Waals surface area contributed by atoms with Crippen molar-refractivity contribution in [3.63, 3.8) is 0 Å². The standard InChI is InChI=1S/C15H20F3N3O/c1-2-11(9-20-14(19)21-10-7-8-10)22-13-6-4-3-5-12(13)15(16,17)18/h3-6,10-11H,2,7-9H2,1H3,(H3,19,20,21). The van der Waals surface area contributed by atoms with Crippen molar-refractivity contribution in [1.29, 1.82) is 0 Å². The minimum absolute atomic E-state index is 0.175. The van der Waals surface area contributed by atoms with Crippen LogP contribution in [-0.4, -0.2) is 24.7 Å². The van der Waals surface area contributed by atoms with Gasteiger partial charge in [-0.25, -0.2) is 4.99 Å². The molecule has 1 atom stereocenters. The zero-order chi connectivity index (χ0) is 16.2. The van der Waals surface area contributed by atoms with Crippen molar-refractivity contribution in [2.24, 2.45) is 10.7 Å². The van der Waals surface area contributed by atoms with Crippen LogP contribution in [0.3, 0.4) is 0 Å². The maximum atomic E-state index is 12.9. The van der Waals surface area contributed by atoms with Crippen molar-refractivity contribution in [3.05, 3.63) is 29.8 Å². The summed E-state index contributed by atoms with van der Waals surface area (Å²) >= 11 is 0. The number of hydrogen-bond donors (Lipinski definition) is 2. The molecule has 0 aromatic heterocycles. The van der Waals surface area contributed by atoms with E-state index in [0.717, 1.165) is 18.9 Å². The second-order valence-electron chi connectivity index (χ2n) is 5.29. The predicted octanol–water partition coefficient (Wildman–Crippen LogP) is 2.93. The summed E-state index contributed by atoms with van der Waals surface area (Å²) in [4.78, 5) is 4.14. The van der Waals surface area contributed by atoms with E-state index in [1.807, 2.05) is 6.92 Å². The quantitative estimate of drug-likeness (QED) is 0.627. The summed E-state index contributed by atoms with van der Waals surface area (Å²) in [6.07, 6.45) is -2.22.